The van der Waals surface area contributed by atoms with E-state index in [1.54, 1.807) is 0 Å². The Hall–Kier alpha value is -5.34. The van der Waals surface area contributed by atoms with Crippen molar-refractivity contribution in [1.29, 1.82) is 0 Å². The summed E-state index contributed by atoms with van der Waals surface area (Å²) in [5, 5.41) is 7.51. The fourth-order valence-electron chi connectivity index (χ4n) is 6.86. The molecule has 1 aromatic heterocycles. The zero-order valence-corrected chi connectivity index (χ0v) is 25.3. The van der Waals surface area contributed by atoms with Gasteiger partial charge in [0.15, 0.2) is 0 Å². The molecule has 0 fully saturated rings. The third-order valence-corrected chi connectivity index (χ3v) is 8.77. The summed E-state index contributed by atoms with van der Waals surface area (Å²) < 4.78 is 2.50. The molecule has 1 heterocycles. The Morgan fingerprint density at radius 2 is 1.02 bits per heavy atom. The second kappa shape index (κ2) is 10.1. The average molecular weight is 567 g/mol. The molecule has 44 heavy (non-hydrogen) atoms. The van der Waals surface area contributed by atoms with Crippen LogP contribution in [0.1, 0.15) is 20.8 Å². The van der Waals surface area contributed by atoms with Gasteiger partial charge in [-0.2, -0.15) is 0 Å². The Morgan fingerprint density at radius 3 is 1.82 bits per heavy atom. The quantitative estimate of drug-likeness (QED) is 0.206. The standard InChI is InChI=1S/C42H34N2/c1-42(2,3)44-40-20-12-11-19-37(40)38-24-23-34(28-41(38)44)43(33-22-21-29-13-7-8-16-31(29)25-33)35-26-32-17-9-10-18-36(32)39(27-35)30-14-5-4-6-15-30/h4-28H,1-3H3. The lowest BCUT2D eigenvalue weighted by Gasteiger charge is -2.28. The Kier molecular flexibility index (Phi) is 6.06. The van der Waals surface area contributed by atoms with E-state index in [2.05, 4.69) is 182 Å². The van der Waals surface area contributed by atoms with Crippen molar-refractivity contribution in [3.05, 3.63) is 152 Å². The zero-order chi connectivity index (χ0) is 29.8. The molecule has 0 aliphatic heterocycles. The fraction of sp³-hybridized carbons (Fsp3) is 0.0952. The lowest BCUT2D eigenvalue weighted by Crippen LogP contribution is -2.21. The summed E-state index contributed by atoms with van der Waals surface area (Å²) in [6, 6.07) is 55.3. The van der Waals surface area contributed by atoms with E-state index in [4.69, 9.17) is 0 Å². The van der Waals surface area contributed by atoms with E-state index in [1.165, 1.54) is 54.5 Å². The molecule has 0 aliphatic rings. The number of rotatable bonds is 4. The molecular weight excluding hydrogens is 532 g/mol. The molecule has 0 spiro atoms. The second-order valence-corrected chi connectivity index (χ2v) is 12.7. The van der Waals surface area contributed by atoms with E-state index in [0.29, 0.717) is 0 Å². The Morgan fingerprint density at radius 1 is 0.432 bits per heavy atom. The number of fused-ring (bicyclic) bond motifs is 5. The molecule has 0 saturated carbocycles. The van der Waals surface area contributed by atoms with Crippen molar-refractivity contribution in [1.82, 2.24) is 4.57 Å². The van der Waals surface area contributed by atoms with Gasteiger partial charge in [-0.25, -0.2) is 0 Å². The molecule has 0 bridgehead atoms. The van der Waals surface area contributed by atoms with Gasteiger partial charge in [-0.05, 0) is 95.9 Å². The van der Waals surface area contributed by atoms with Gasteiger partial charge < -0.3 is 9.47 Å². The molecular formula is C42H34N2. The van der Waals surface area contributed by atoms with Gasteiger partial charge in [0.25, 0.3) is 0 Å². The SMILES string of the molecule is CC(C)(C)n1c2ccccc2c2ccc(N(c3ccc4ccccc4c3)c3cc(-c4ccccc4)c4ccccc4c3)cc21. The van der Waals surface area contributed by atoms with Crippen LogP contribution in [0.15, 0.2) is 152 Å². The number of para-hydroxylation sites is 1. The first-order valence-electron chi connectivity index (χ1n) is 15.4. The minimum absolute atomic E-state index is 0.0861. The molecule has 2 heteroatoms. The summed E-state index contributed by atoms with van der Waals surface area (Å²) in [6.07, 6.45) is 0. The molecule has 0 aliphatic carbocycles. The zero-order valence-electron chi connectivity index (χ0n) is 25.3. The molecule has 0 atom stereocenters. The predicted octanol–water partition coefficient (Wildman–Crippen LogP) is 12.0. The van der Waals surface area contributed by atoms with E-state index >= 15 is 0 Å². The first kappa shape index (κ1) is 26.3. The number of hydrogen-bond donors (Lipinski definition) is 0. The van der Waals surface area contributed by atoms with E-state index in [1.807, 2.05) is 0 Å². The summed E-state index contributed by atoms with van der Waals surface area (Å²) >= 11 is 0. The summed E-state index contributed by atoms with van der Waals surface area (Å²) in [7, 11) is 0. The molecule has 7 aromatic carbocycles. The number of aromatic nitrogens is 1. The monoisotopic (exact) mass is 566 g/mol. The van der Waals surface area contributed by atoms with E-state index < -0.39 is 0 Å². The highest BCUT2D eigenvalue weighted by molar-refractivity contribution is 6.10. The van der Waals surface area contributed by atoms with Gasteiger partial charge in [0, 0.05) is 38.9 Å². The van der Waals surface area contributed by atoms with E-state index in [9.17, 15) is 0 Å². The Bertz CT molecular complexity index is 2320. The highest BCUT2D eigenvalue weighted by Crippen LogP contribution is 2.43. The maximum atomic E-state index is 2.50. The van der Waals surface area contributed by atoms with Crippen LogP contribution in [0.3, 0.4) is 0 Å². The van der Waals surface area contributed by atoms with Gasteiger partial charge in [-0.15, -0.1) is 0 Å². The Labute approximate surface area is 258 Å². The van der Waals surface area contributed by atoms with Crippen LogP contribution in [0.25, 0.3) is 54.5 Å². The average Bonchev–Trinajstić information content (AvgIpc) is 3.39. The molecule has 0 unspecified atom stereocenters. The topological polar surface area (TPSA) is 8.17 Å². The molecule has 8 aromatic rings. The van der Waals surface area contributed by atoms with Gasteiger partial charge in [0.2, 0.25) is 0 Å². The normalized spacial score (nSPS) is 12.0. The van der Waals surface area contributed by atoms with Crippen LogP contribution < -0.4 is 4.90 Å². The van der Waals surface area contributed by atoms with Gasteiger partial charge in [-0.3, -0.25) is 0 Å². The van der Waals surface area contributed by atoms with Gasteiger partial charge >= 0.3 is 0 Å². The van der Waals surface area contributed by atoms with Gasteiger partial charge in [0.1, 0.15) is 0 Å². The first-order valence-corrected chi connectivity index (χ1v) is 15.4. The molecule has 0 amide bonds. The molecule has 0 N–H and O–H groups in total. The highest BCUT2D eigenvalue weighted by Gasteiger charge is 2.23. The van der Waals surface area contributed by atoms with Crippen LogP contribution in [0.4, 0.5) is 17.1 Å². The minimum atomic E-state index is -0.0861. The number of anilines is 3. The molecule has 2 nitrogen and oxygen atoms in total. The van der Waals surface area contributed by atoms with E-state index in [0.717, 1.165) is 17.1 Å². The van der Waals surface area contributed by atoms with Crippen molar-refractivity contribution < 1.29 is 0 Å². The smallest absolute Gasteiger partial charge is 0.0517 e. The van der Waals surface area contributed by atoms with Crippen LogP contribution in [0.2, 0.25) is 0 Å². The van der Waals surface area contributed by atoms with E-state index in [-0.39, 0.29) is 5.54 Å². The van der Waals surface area contributed by atoms with Crippen molar-refractivity contribution in [2.75, 3.05) is 4.90 Å². The summed E-state index contributed by atoms with van der Waals surface area (Å²) in [6.45, 7) is 6.88. The van der Waals surface area contributed by atoms with Crippen molar-refractivity contribution in [3.63, 3.8) is 0 Å². The molecule has 8 rings (SSSR count). The van der Waals surface area contributed by atoms with Gasteiger partial charge in [-0.1, -0.05) is 109 Å². The van der Waals surface area contributed by atoms with Crippen LogP contribution in [0, 0.1) is 0 Å². The summed E-state index contributed by atoms with van der Waals surface area (Å²) in [4.78, 5) is 2.43. The van der Waals surface area contributed by atoms with Crippen LogP contribution in [0.5, 0.6) is 0 Å². The number of hydrogen-bond acceptors (Lipinski definition) is 1. The van der Waals surface area contributed by atoms with Crippen LogP contribution in [-0.2, 0) is 5.54 Å². The van der Waals surface area contributed by atoms with Crippen LogP contribution in [-0.4, -0.2) is 4.57 Å². The largest absolute Gasteiger partial charge is 0.335 e. The second-order valence-electron chi connectivity index (χ2n) is 12.7. The minimum Gasteiger partial charge on any atom is -0.335 e. The fourth-order valence-corrected chi connectivity index (χ4v) is 6.86. The third-order valence-electron chi connectivity index (χ3n) is 8.77. The third kappa shape index (κ3) is 4.34. The Balaban J connectivity index is 1.44. The number of nitrogens with zero attached hydrogens (tertiary/aromatic N) is 2. The lowest BCUT2D eigenvalue weighted by atomic mass is 9.96. The maximum absolute atomic E-state index is 2.50. The highest BCUT2D eigenvalue weighted by atomic mass is 15.1. The summed E-state index contributed by atoms with van der Waals surface area (Å²) in [5.41, 5.74) is 8.27. The summed E-state index contributed by atoms with van der Waals surface area (Å²) in [5.74, 6) is 0. The van der Waals surface area contributed by atoms with Gasteiger partial charge in [0.05, 0.1) is 5.52 Å². The first-order chi connectivity index (χ1) is 21.5. The van der Waals surface area contributed by atoms with Crippen LogP contribution >= 0.6 is 0 Å². The van der Waals surface area contributed by atoms with Crippen molar-refractivity contribution in [2.24, 2.45) is 0 Å². The molecule has 0 radical (unpaired) electrons. The van der Waals surface area contributed by atoms with Crippen molar-refractivity contribution in [2.45, 2.75) is 26.3 Å². The predicted molar refractivity (Wildman–Crippen MR) is 190 cm³/mol. The van der Waals surface area contributed by atoms with Crippen molar-refractivity contribution >= 4 is 60.4 Å². The number of benzene rings is 7. The molecule has 212 valence electrons. The lowest BCUT2D eigenvalue weighted by molar-refractivity contribution is 0.423. The van der Waals surface area contributed by atoms with Crippen molar-refractivity contribution in [3.8, 4) is 11.1 Å². The maximum Gasteiger partial charge on any atom is 0.0517 e. The molecule has 0 saturated heterocycles.